The molecule has 174 valence electrons. The van der Waals surface area contributed by atoms with Crippen LogP contribution >= 0.6 is 11.3 Å². The van der Waals surface area contributed by atoms with Crippen LogP contribution in [0.1, 0.15) is 46.3 Å². The van der Waals surface area contributed by atoms with Gasteiger partial charge in [0.15, 0.2) is 0 Å². The van der Waals surface area contributed by atoms with Crippen LogP contribution in [0, 0.1) is 0 Å². The first-order valence-corrected chi connectivity index (χ1v) is 13.0. The summed E-state index contributed by atoms with van der Waals surface area (Å²) in [6.07, 6.45) is 0. The van der Waals surface area contributed by atoms with Gasteiger partial charge in [0.05, 0.1) is 10.6 Å². The highest BCUT2D eigenvalue weighted by Crippen LogP contribution is 2.16. The van der Waals surface area contributed by atoms with Gasteiger partial charge in [-0.2, -0.15) is 0 Å². The summed E-state index contributed by atoms with van der Waals surface area (Å²) in [6.45, 7) is 3.79. The van der Waals surface area contributed by atoms with Gasteiger partial charge < -0.3 is 10.6 Å². The van der Waals surface area contributed by atoms with Crippen molar-refractivity contribution in [2.24, 2.45) is 0 Å². The van der Waals surface area contributed by atoms with Gasteiger partial charge in [0.1, 0.15) is 6.04 Å². The second kappa shape index (κ2) is 11.2. The standard InChI is InChI=1S/C24H27N3O4S2/c1-17(2)27-33(30,31)16-19-12-10-18(11-13-19)15-25-24(29)22(20-7-4-3-5-8-20)26-23(28)21-9-6-14-32-21/h3-14,17,22,27H,15-16H2,1-2H3,(H,25,29)(H,26,28). The lowest BCUT2D eigenvalue weighted by Gasteiger charge is -2.19. The number of carbonyl (C=O) groups is 2. The van der Waals surface area contributed by atoms with E-state index in [1.54, 1.807) is 67.8 Å². The fourth-order valence-corrected chi connectivity index (χ4v) is 5.28. The number of amides is 2. The van der Waals surface area contributed by atoms with Crippen molar-refractivity contribution < 1.29 is 18.0 Å². The first-order valence-electron chi connectivity index (χ1n) is 10.5. The number of rotatable bonds is 10. The zero-order valence-electron chi connectivity index (χ0n) is 18.4. The van der Waals surface area contributed by atoms with Crippen LogP contribution in [0.2, 0.25) is 0 Å². The van der Waals surface area contributed by atoms with Crippen LogP contribution in [0.15, 0.2) is 72.1 Å². The molecule has 0 radical (unpaired) electrons. The second-order valence-electron chi connectivity index (χ2n) is 7.86. The van der Waals surface area contributed by atoms with E-state index in [2.05, 4.69) is 15.4 Å². The highest BCUT2D eigenvalue weighted by atomic mass is 32.2. The quantitative estimate of drug-likeness (QED) is 0.410. The van der Waals surface area contributed by atoms with E-state index in [-0.39, 0.29) is 30.2 Å². The fraction of sp³-hybridized carbons (Fsp3) is 0.250. The maximum atomic E-state index is 13.0. The third-order valence-corrected chi connectivity index (χ3v) is 7.09. The lowest BCUT2D eigenvalue weighted by molar-refractivity contribution is -0.123. The first-order chi connectivity index (χ1) is 15.7. The smallest absolute Gasteiger partial charge is 0.262 e. The number of nitrogens with one attached hydrogen (secondary N) is 3. The Hall–Kier alpha value is -3.01. The first kappa shape index (κ1) is 24.6. The van der Waals surface area contributed by atoms with Crippen molar-refractivity contribution >= 4 is 33.2 Å². The van der Waals surface area contributed by atoms with Gasteiger partial charge in [-0.1, -0.05) is 60.7 Å². The van der Waals surface area contributed by atoms with Crippen molar-refractivity contribution in [3.63, 3.8) is 0 Å². The summed E-state index contributed by atoms with van der Waals surface area (Å²) in [7, 11) is -3.40. The van der Waals surface area contributed by atoms with E-state index in [0.29, 0.717) is 16.0 Å². The molecule has 1 aromatic heterocycles. The Morgan fingerprint density at radius 3 is 2.18 bits per heavy atom. The molecule has 0 aliphatic heterocycles. The molecule has 1 unspecified atom stereocenters. The van der Waals surface area contributed by atoms with Crippen molar-refractivity contribution in [3.05, 3.63) is 93.7 Å². The topological polar surface area (TPSA) is 104 Å². The Kier molecular flexibility index (Phi) is 8.37. The lowest BCUT2D eigenvalue weighted by atomic mass is 10.1. The third kappa shape index (κ3) is 7.52. The molecule has 0 aliphatic carbocycles. The minimum absolute atomic E-state index is 0.108. The number of carbonyl (C=O) groups excluding carboxylic acids is 2. The molecule has 7 nitrogen and oxygen atoms in total. The highest BCUT2D eigenvalue weighted by molar-refractivity contribution is 7.88. The molecule has 0 bridgehead atoms. The molecule has 0 fully saturated rings. The van der Waals surface area contributed by atoms with Crippen LogP contribution in [-0.4, -0.2) is 26.3 Å². The summed E-state index contributed by atoms with van der Waals surface area (Å²) >= 11 is 1.31. The minimum atomic E-state index is -3.40. The van der Waals surface area contributed by atoms with Crippen molar-refractivity contribution in [3.8, 4) is 0 Å². The number of benzene rings is 2. The van der Waals surface area contributed by atoms with Crippen LogP contribution in [-0.2, 0) is 27.1 Å². The molecule has 3 rings (SSSR count). The molecule has 2 aromatic carbocycles. The summed E-state index contributed by atoms with van der Waals surface area (Å²) in [5.74, 6) is -0.753. The van der Waals surface area contributed by atoms with Crippen LogP contribution in [0.4, 0.5) is 0 Å². The van der Waals surface area contributed by atoms with Gasteiger partial charge in [0.2, 0.25) is 15.9 Å². The normalized spacial score (nSPS) is 12.3. The Morgan fingerprint density at radius 2 is 1.58 bits per heavy atom. The Bertz CT molecular complexity index is 1160. The molecule has 33 heavy (non-hydrogen) atoms. The van der Waals surface area contributed by atoms with Crippen molar-refractivity contribution in [2.75, 3.05) is 0 Å². The predicted molar refractivity (Wildman–Crippen MR) is 130 cm³/mol. The van der Waals surface area contributed by atoms with Gasteiger partial charge in [-0.15, -0.1) is 11.3 Å². The zero-order chi connectivity index (χ0) is 23.8. The van der Waals surface area contributed by atoms with Crippen molar-refractivity contribution in [1.29, 1.82) is 0 Å². The van der Waals surface area contributed by atoms with E-state index in [4.69, 9.17) is 0 Å². The number of hydrogen-bond acceptors (Lipinski definition) is 5. The monoisotopic (exact) mass is 485 g/mol. The average Bonchev–Trinajstić information content (AvgIpc) is 3.31. The summed E-state index contributed by atoms with van der Waals surface area (Å²) in [6, 6.07) is 18.6. The third-order valence-electron chi connectivity index (χ3n) is 4.68. The summed E-state index contributed by atoms with van der Waals surface area (Å²) < 4.78 is 26.7. The highest BCUT2D eigenvalue weighted by Gasteiger charge is 2.23. The van der Waals surface area contributed by atoms with E-state index in [1.165, 1.54) is 11.3 Å². The van der Waals surface area contributed by atoms with Crippen LogP contribution in [0.3, 0.4) is 0 Å². The van der Waals surface area contributed by atoms with E-state index in [1.807, 2.05) is 18.2 Å². The maximum Gasteiger partial charge on any atom is 0.262 e. The molecular formula is C24H27N3O4S2. The van der Waals surface area contributed by atoms with Gasteiger partial charge in [-0.05, 0) is 42.0 Å². The van der Waals surface area contributed by atoms with E-state index in [9.17, 15) is 18.0 Å². The largest absolute Gasteiger partial charge is 0.350 e. The lowest BCUT2D eigenvalue weighted by Crippen LogP contribution is -2.40. The van der Waals surface area contributed by atoms with Gasteiger partial charge in [0.25, 0.3) is 5.91 Å². The Morgan fingerprint density at radius 1 is 0.909 bits per heavy atom. The van der Waals surface area contributed by atoms with Gasteiger partial charge in [-0.25, -0.2) is 13.1 Å². The molecule has 9 heteroatoms. The minimum Gasteiger partial charge on any atom is -0.350 e. The van der Waals surface area contributed by atoms with Crippen LogP contribution in [0.5, 0.6) is 0 Å². The Labute approximate surface area is 198 Å². The zero-order valence-corrected chi connectivity index (χ0v) is 20.1. The van der Waals surface area contributed by atoms with Gasteiger partial charge >= 0.3 is 0 Å². The predicted octanol–water partition coefficient (Wildman–Crippen LogP) is 3.36. The molecule has 0 saturated heterocycles. The molecule has 1 heterocycles. The van der Waals surface area contributed by atoms with Crippen molar-refractivity contribution in [2.45, 2.75) is 38.2 Å². The van der Waals surface area contributed by atoms with Crippen molar-refractivity contribution in [1.82, 2.24) is 15.4 Å². The van der Waals surface area contributed by atoms with E-state index < -0.39 is 16.1 Å². The molecule has 0 aliphatic rings. The Balaban J connectivity index is 1.64. The number of hydrogen-bond donors (Lipinski definition) is 3. The molecule has 2 amide bonds. The number of thiophene rings is 1. The molecule has 0 spiro atoms. The maximum absolute atomic E-state index is 13.0. The molecular weight excluding hydrogens is 458 g/mol. The van der Waals surface area contributed by atoms with Crippen LogP contribution < -0.4 is 15.4 Å². The average molecular weight is 486 g/mol. The fourth-order valence-electron chi connectivity index (χ4n) is 3.22. The van der Waals surface area contributed by atoms with Crippen LogP contribution in [0.25, 0.3) is 0 Å². The van der Waals surface area contributed by atoms with E-state index >= 15 is 0 Å². The second-order valence-corrected chi connectivity index (χ2v) is 10.6. The molecule has 1 atom stereocenters. The summed E-state index contributed by atoms with van der Waals surface area (Å²) in [5, 5.41) is 7.47. The van der Waals surface area contributed by atoms with E-state index in [0.717, 1.165) is 5.56 Å². The summed E-state index contributed by atoms with van der Waals surface area (Å²) in [4.78, 5) is 26.0. The van der Waals surface area contributed by atoms with Gasteiger partial charge in [0, 0.05) is 12.6 Å². The summed E-state index contributed by atoms with van der Waals surface area (Å²) in [5.41, 5.74) is 2.15. The number of sulfonamides is 1. The molecule has 0 saturated carbocycles. The molecule has 3 N–H and O–H groups in total. The van der Waals surface area contributed by atoms with Gasteiger partial charge in [-0.3, -0.25) is 9.59 Å². The SMILES string of the molecule is CC(C)NS(=O)(=O)Cc1ccc(CNC(=O)C(NC(=O)c2cccs2)c2ccccc2)cc1. The molecule has 3 aromatic rings.